The third kappa shape index (κ3) is 2.90. The lowest BCUT2D eigenvalue weighted by Crippen LogP contribution is -1.97. The van der Waals surface area contributed by atoms with Gasteiger partial charge in [0.05, 0.1) is 15.0 Å². The highest BCUT2D eigenvalue weighted by Gasteiger charge is 2.17. The summed E-state index contributed by atoms with van der Waals surface area (Å²) in [7, 11) is 0. The average molecular weight is 334 g/mol. The standard InChI is InChI=1S/C12H7Cl3N2O3/c13-6-2-1-3-10(12(6)15)20-11-5-8(16)9(17(18)19)4-7(11)14/h1-5H,16H2. The molecule has 0 atom stereocenters. The summed E-state index contributed by atoms with van der Waals surface area (Å²) in [5.74, 6) is 0.424. The van der Waals surface area contributed by atoms with E-state index in [9.17, 15) is 10.1 Å². The van der Waals surface area contributed by atoms with Crippen molar-refractivity contribution in [2.75, 3.05) is 5.73 Å². The van der Waals surface area contributed by atoms with Gasteiger partial charge in [-0.3, -0.25) is 10.1 Å². The molecule has 0 spiro atoms. The van der Waals surface area contributed by atoms with Crippen molar-refractivity contribution < 1.29 is 9.66 Å². The molecule has 0 unspecified atom stereocenters. The highest BCUT2D eigenvalue weighted by atomic mass is 35.5. The van der Waals surface area contributed by atoms with Crippen molar-refractivity contribution in [3.8, 4) is 11.5 Å². The second-order valence-corrected chi connectivity index (χ2v) is 4.94. The number of benzene rings is 2. The third-order valence-corrected chi connectivity index (χ3v) is 3.51. The Bertz CT molecular complexity index is 692. The van der Waals surface area contributed by atoms with Gasteiger partial charge in [-0.2, -0.15) is 0 Å². The monoisotopic (exact) mass is 332 g/mol. The van der Waals surface area contributed by atoms with Crippen LogP contribution in [0.3, 0.4) is 0 Å². The maximum Gasteiger partial charge on any atom is 0.293 e. The average Bonchev–Trinajstić information content (AvgIpc) is 2.38. The van der Waals surface area contributed by atoms with Gasteiger partial charge in [-0.25, -0.2) is 0 Å². The smallest absolute Gasteiger partial charge is 0.293 e. The zero-order valence-corrected chi connectivity index (χ0v) is 12.0. The van der Waals surface area contributed by atoms with E-state index in [1.165, 1.54) is 6.07 Å². The largest absolute Gasteiger partial charge is 0.454 e. The number of rotatable bonds is 3. The van der Waals surface area contributed by atoms with Crippen molar-refractivity contribution in [3.05, 3.63) is 55.5 Å². The Hall–Kier alpha value is -1.69. The molecule has 2 aromatic rings. The molecule has 0 saturated heterocycles. The number of nitro benzene ring substituents is 1. The molecule has 0 aliphatic heterocycles. The van der Waals surface area contributed by atoms with Crippen molar-refractivity contribution in [1.82, 2.24) is 0 Å². The highest BCUT2D eigenvalue weighted by Crippen LogP contribution is 2.40. The molecule has 0 aliphatic rings. The van der Waals surface area contributed by atoms with Crippen LogP contribution in [0.5, 0.6) is 11.5 Å². The molecule has 20 heavy (non-hydrogen) atoms. The van der Waals surface area contributed by atoms with Crippen LogP contribution < -0.4 is 10.5 Å². The summed E-state index contributed by atoms with van der Waals surface area (Å²) in [6.07, 6.45) is 0. The van der Waals surface area contributed by atoms with E-state index in [2.05, 4.69) is 0 Å². The van der Waals surface area contributed by atoms with E-state index in [1.54, 1.807) is 18.2 Å². The molecule has 8 heteroatoms. The van der Waals surface area contributed by atoms with Gasteiger partial charge < -0.3 is 10.5 Å². The van der Waals surface area contributed by atoms with Gasteiger partial charge in [0.2, 0.25) is 0 Å². The van der Waals surface area contributed by atoms with Crippen molar-refractivity contribution in [3.63, 3.8) is 0 Å². The van der Waals surface area contributed by atoms with Crippen LogP contribution in [0, 0.1) is 10.1 Å². The molecule has 0 heterocycles. The van der Waals surface area contributed by atoms with Gasteiger partial charge in [-0.05, 0) is 12.1 Å². The predicted octanol–water partition coefficient (Wildman–Crippen LogP) is 4.93. The first-order valence-corrected chi connectivity index (χ1v) is 6.39. The fourth-order valence-corrected chi connectivity index (χ4v) is 2.00. The first-order valence-electron chi connectivity index (χ1n) is 5.25. The van der Waals surface area contributed by atoms with Crippen LogP contribution in [-0.2, 0) is 0 Å². The number of halogens is 3. The Morgan fingerprint density at radius 3 is 2.45 bits per heavy atom. The van der Waals surface area contributed by atoms with E-state index < -0.39 is 4.92 Å². The quantitative estimate of drug-likeness (QED) is 0.491. The van der Waals surface area contributed by atoms with E-state index in [1.807, 2.05) is 0 Å². The number of ether oxygens (including phenoxy) is 1. The van der Waals surface area contributed by atoms with Crippen LogP contribution in [0.25, 0.3) is 0 Å². The molecule has 0 radical (unpaired) electrons. The molecule has 104 valence electrons. The van der Waals surface area contributed by atoms with Crippen LogP contribution in [0.2, 0.25) is 15.1 Å². The Morgan fingerprint density at radius 1 is 1.10 bits per heavy atom. The van der Waals surface area contributed by atoms with E-state index in [0.717, 1.165) is 6.07 Å². The summed E-state index contributed by atoms with van der Waals surface area (Å²) in [5.41, 5.74) is 5.22. The molecule has 0 fully saturated rings. The Kier molecular flexibility index (Phi) is 4.23. The summed E-state index contributed by atoms with van der Waals surface area (Å²) in [4.78, 5) is 10.1. The number of nitrogens with zero attached hydrogens (tertiary/aromatic N) is 1. The minimum Gasteiger partial charge on any atom is -0.454 e. The van der Waals surface area contributed by atoms with Crippen molar-refractivity contribution in [2.45, 2.75) is 0 Å². The fourth-order valence-electron chi connectivity index (χ4n) is 1.48. The number of hydrogen-bond acceptors (Lipinski definition) is 4. The molecule has 0 saturated carbocycles. The summed E-state index contributed by atoms with van der Waals surface area (Å²) >= 11 is 17.8. The molecule has 0 aliphatic carbocycles. The highest BCUT2D eigenvalue weighted by molar-refractivity contribution is 6.43. The molecule has 0 bridgehead atoms. The molecule has 5 nitrogen and oxygen atoms in total. The molecule has 0 amide bonds. The molecule has 2 N–H and O–H groups in total. The predicted molar refractivity (Wildman–Crippen MR) is 79.1 cm³/mol. The zero-order valence-electron chi connectivity index (χ0n) is 9.77. The van der Waals surface area contributed by atoms with Crippen LogP contribution in [0.15, 0.2) is 30.3 Å². The fraction of sp³-hybridized carbons (Fsp3) is 0. The van der Waals surface area contributed by atoms with Gasteiger partial charge in [-0.1, -0.05) is 40.9 Å². The van der Waals surface area contributed by atoms with Gasteiger partial charge in [0.15, 0.2) is 0 Å². The zero-order chi connectivity index (χ0) is 14.9. The number of nitro groups is 1. The van der Waals surface area contributed by atoms with Gasteiger partial charge in [0.1, 0.15) is 22.2 Å². The maximum absolute atomic E-state index is 10.7. The van der Waals surface area contributed by atoms with Gasteiger partial charge >= 0.3 is 0 Å². The molecule has 2 aromatic carbocycles. The SMILES string of the molecule is Nc1cc(Oc2cccc(Cl)c2Cl)c(Cl)cc1[N+](=O)[O-]. The Balaban J connectivity index is 2.42. The maximum atomic E-state index is 10.7. The normalized spacial score (nSPS) is 10.3. The lowest BCUT2D eigenvalue weighted by atomic mass is 10.2. The number of hydrogen-bond donors (Lipinski definition) is 1. The Labute approximate surface area is 129 Å². The van der Waals surface area contributed by atoms with E-state index >= 15 is 0 Å². The summed E-state index contributed by atoms with van der Waals surface area (Å²) in [6, 6.07) is 7.21. The second kappa shape index (κ2) is 5.75. The van der Waals surface area contributed by atoms with Crippen LogP contribution in [-0.4, -0.2) is 4.92 Å². The van der Waals surface area contributed by atoms with Crippen LogP contribution >= 0.6 is 34.8 Å². The Morgan fingerprint density at radius 2 is 1.80 bits per heavy atom. The summed E-state index contributed by atoms with van der Waals surface area (Å²) in [6.45, 7) is 0. The van der Waals surface area contributed by atoms with Gasteiger partial charge in [-0.15, -0.1) is 0 Å². The van der Waals surface area contributed by atoms with E-state index in [0.29, 0.717) is 5.02 Å². The van der Waals surface area contributed by atoms with Crippen molar-refractivity contribution in [1.29, 1.82) is 0 Å². The van der Waals surface area contributed by atoms with Crippen molar-refractivity contribution in [2.24, 2.45) is 0 Å². The lowest BCUT2D eigenvalue weighted by molar-refractivity contribution is -0.383. The van der Waals surface area contributed by atoms with E-state index in [4.69, 9.17) is 45.3 Å². The van der Waals surface area contributed by atoms with Crippen LogP contribution in [0.4, 0.5) is 11.4 Å². The first-order chi connectivity index (χ1) is 9.40. The lowest BCUT2D eigenvalue weighted by Gasteiger charge is -2.10. The molecular weight excluding hydrogens is 327 g/mol. The minimum atomic E-state index is -0.628. The first kappa shape index (κ1) is 14.7. The van der Waals surface area contributed by atoms with Crippen molar-refractivity contribution >= 4 is 46.2 Å². The van der Waals surface area contributed by atoms with Gasteiger partial charge in [0, 0.05) is 12.1 Å². The number of nitrogens with two attached hydrogens (primary N) is 1. The van der Waals surface area contributed by atoms with E-state index in [-0.39, 0.29) is 32.9 Å². The third-order valence-electron chi connectivity index (χ3n) is 2.41. The summed E-state index contributed by atoms with van der Waals surface area (Å²) < 4.78 is 5.49. The molecule has 2 rings (SSSR count). The van der Waals surface area contributed by atoms with Crippen LogP contribution in [0.1, 0.15) is 0 Å². The topological polar surface area (TPSA) is 78.4 Å². The molecular formula is C12H7Cl3N2O3. The molecule has 0 aromatic heterocycles. The van der Waals surface area contributed by atoms with Gasteiger partial charge in [0.25, 0.3) is 5.69 Å². The summed E-state index contributed by atoms with van der Waals surface area (Å²) in [5, 5.41) is 11.3. The minimum absolute atomic E-state index is 0.0435. The second-order valence-electron chi connectivity index (χ2n) is 3.75. The number of anilines is 1. The number of nitrogen functional groups attached to an aromatic ring is 1.